The van der Waals surface area contributed by atoms with Crippen LogP contribution in [0.25, 0.3) is 0 Å². The minimum atomic E-state index is -1.31. The predicted molar refractivity (Wildman–Crippen MR) is 168 cm³/mol. The molecule has 46 heavy (non-hydrogen) atoms. The van der Waals surface area contributed by atoms with E-state index in [1.165, 1.54) is 6.92 Å². The fourth-order valence-electron chi connectivity index (χ4n) is 13.1. The van der Waals surface area contributed by atoms with E-state index in [9.17, 15) is 24.9 Å². The second-order valence-electron chi connectivity index (χ2n) is 17.7. The minimum absolute atomic E-state index is 0.0500. The van der Waals surface area contributed by atoms with Crippen LogP contribution in [0.2, 0.25) is 0 Å². The first-order valence-electron chi connectivity index (χ1n) is 17.9. The number of Topliss-reactive ketones (excluding diaryl/α,β-unsaturated/α-hetero) is 1. The molecule has 0 bridgehead atoms. The van der Waals surface area contributed by atoms with Gasteiger partial charge < -0.3 is 34.3 Å². The van der Waals surface area contributed by atoms with Crippen molar-refractivity contribution in [1.82, 2.24) is 0 Å². The van der Waals surface area contributed by atoms with E-state index in [1.54, 1.807) is 0 Å². The van der Waals surface area contributed by atoms with Gasteiger partial charge in [-0.25, -0.2) is 0 Å². The number of esters is 1. The number of rotatable bonds is 5. The van der Waals surface area contributed by atoms with Crippen LogP contribution in [0.1, 0.15) is 100 Å². The van der Waals surface area contributed by atoms with Crippen molar-refractivity contribution in [2.75, 3.05) is 6.61 Å². The summed E-state index contributed by atoms with van der Waals surface area (Å²) in [6.07, 6.45) is 3.60. The molecule has 7 rings (SSSR count). The van der Waals surface area contributed by atoms with Crippen molar-refractivity contribution in [1.29, 1.82) is 0 Å². The largest absolute Gasteiger partial charge is 0.487 e. The number of ether oxygens (including phenoxy) is 4. The number of allylic oxidation sites excluding steroid dienone is 2. The number of hydrogen-bond donors (Lipinski definition) is 3. The zero-order chi connectivity index (χ0) is 33.4. The van der Waals surface area contributed by atoms with E-state index in [1.807, 2.05) is 19.9 Å². The van der Waals surface area contributed by atoms with Gasteiger partial charge in [-0.1, -0.05) is 48.5 Å². The first-order chi connectivity index (χ1) is 21.4. The molecule has 2 heterocycles. The van der Waals surface area contributed by atoms with Crippen LogP contribution in [-0.2, 0) is 28.5 Å². The standard InChI is InChI=1S/C37H56O9/c1-18(2)29(40)22-13-19(3)28-23(45-22)14-34(7)25-10-9-24-33(5,6)26(46-32-31(42)30(41)21(39)16-43-32)11-12-36(24)17-37(25,36)15-27(35(28,34)8)44-20(4)38/h13,18-19,21,23-28,30-32,39,41-42H,9-12,14-17H2,1-8H3/t19-,21-,23+,24+,25-,26+,27-,28+,30+,31-,32+,34+,35-,36-,37+/m1/s1. The molecule has 1 saturated heterocycles. The molecule has 6 fully saturated rings. The molecular formula is C37H56O9. The highest BCUT2D eigenvalue weighted by Crippen LogP contribution is 2.89. The second-order valence-corrected chi connectivity index (χ2v) is 17.7. The summed E-state index contributed by atoms with van der Waals surface area (Å²) in [6.45, 7) is 16.9. The van der Waals surface area contributed by atoms with Crippen LogP contribution in [0, 0.1) is 56.7 Å². The van der Waals surface area contributed by atoms with Gasteiger partial charge in [0.2, 0.25) is 0 Å². The number of fused-ring (bicyclic) bond motifs is 4. The Bertz CT molecular complexity index is 1310. The number of aliphatic hydroxyl groups excluding tert-OH is 3. The summed E-state index contributed by atoms with van der Waals surface area (Å²) in [5.74, 6) is 1.31. The molecule has 5 saturated carbocycles. The third-order valence-corrected chi connectivity index (χ3v) is 15.2. The van der Waals surface area contributed by atoms with Crippen molar-refractivity contribution < 1.29 is 43.9 Å². The van der Waals surface area contributed by atoms with Crippen LogP contribution < -0.4 is 0 Å². The molecule has 0 aromatic heterocycles. The highest BCUT2D eigenvalue weighted by molar-refractivity contribution is 5.95. The van der Waals surface area contributed by atoms with Crippen LogP contribution in [0.15, 0.2) is 11.8 Å². The number of hydrogen-bond acceptors (Lipinski definition) is 9. The summed E-state index contributed by atoms with van der Waals surface area (Å²) in [4.78, 5) is 25.9. The van der Waals surface area contributed by atoms with Crippen molar-refractivity contribution in [3.8, 4) is 0 Å². The van der Waals surface area contributed by atoms with Gasteiger partial charge in [0.05, 0.1) is 12.7 Å². The van der Waals surface area contributed by atoms with Gasteiger partial charge >= 0.3 is 5.97 Å². The molecule has 7 aliphatic rings. The summed E-state index contributed by atoms with van der Waals surface area (Å²) in [5.41, 5.74) is -0.488. The number of carbonyl (C=O) groups is 2. The van der Waals surface area contributed by atoms with Crippen LogP contribution in [0.5, 0.6) is 0 Å². The lowest BCUT2D eigenvalue weighted by Crippen LogP contribution is -2.63. The van der Waals surface area contributed by atoms with Crippen molar-refractivity contribution in [3.05, 3.63) is 11.8 Å². The van der Waals surface area contributed by atoms with Crippen LogP contribution in [-0.4, -0.2) is 76.6 Å². The lowest BCUT2D eigenvalue weighted by atomic mass is 9.41. The maximum atomic E-state index is 13.1. The van der Waals surface area contributed by atoms with E-state index in [2.05, 4.69) is 34.6 Å². The SMILES string of the molecule is CC(=O)O[C@@H]1C[C@@]23C[C@@]24CC[C@H](O[C@@H]2OC[C@@H](O)[C@H](O)[C@H]2O)C(C)(C)[C@@H]4CC[C@@H]3[C@]2(C)C[C@@H]3OC(C(=O)C(C)C)=C[C@@H](C)[C@@H]3[C@@]12C. The van der Waals surface area contributed by atoms with E-state index in [0.29, 0.717) is 17.6 Å². The minimum Gasteiger partial charge on any atom is -0.487 e. The predicted octanol–water partition coefficient (Wildman–Crippen LogP) is 4.55. The van der Waals surface area contributed by atoms with Gasteiger partial charge in [-0.3, -0.25) is 9.59 Å². The van der Waals surface area contributed by atoms with Crippen LogP contribution in [0.4, 0.5) is 0 Å². The molecule has 9 nitrogen and oxygen atoms in total. The fraction of sp³-hybridized carbons (Fsp3) is 0.892. The highest BCUT2D eigenvalue weighted by Gasteiger charge is 2.85. The van der Waals surface area contributed by atoms with Gasteiger partial charge in [-0.2, -0.15) is 0 Å². The van der Waals surface area contributed by atoms with Gasteiger partial charge in [0.25, 0.3) is 0 Å². The van der Waals surface area contributed by atoms with E-state index in [0.717, 1.165) is 44.9 Å². The van der Waals surface area contributed by atoms with Crippen molar-refractivity contribution >= 4 is 11.8 Å². The molecule has 2 spiro atoms. The highest BCUT2D eigenvalue weighted by atomic mass is 16.7. The topological polar surface area (TPSA) is 132 Å². The molecule has 2 aliphatic heterocycles. The van der Waals surface area contributed by atoms with Gasteiger partial charge in [0, 0.05) is 24.2 Å². The number of aliphatic hydroxyl groups is 3. The Morgan fingerprint density at radius 1 is 0.957 bits per heavy atom. The molecular weight excluding hydrogens is 588 g/mol. The maximum absolute atomic E-state index is 13.1. The Balaban J connectivity index is 1.20. The second kappa shape index (κ2) is 10.5. The Morgan fingerprint density at radius 2 is 1.65 bits per heavy atom. The lowest BCUT2D eigenvalue weighted by molar-refractivity contribution is -0.303. The summed E-state index contributed by atoms with van der Waals surface area (Å²) < 4.78 is 25.2. The van der Waals surface area contributed by atoms with E-state index >= 15 is 0 Å². The Labute approximate surface area is 273 Å². The molecule has 0 amide bonds. The first-order valence-corrected chi connectivity index (χ1v) is 17.9. The Morgan fingerprint density at radius 3 is 2.33 bits per heavy atom. The molecule has 0 aromatic rings. The van der Waals surface area contributed by atoms with Crippen molar-refractivity contribution in [2.45, 2.75) is 143 Å². The molecule has 3 N–H and O–H groups in total. The van der Waals surface area contributed by atoms with Gasteiger partial charge in [0.15, 0.2) is 17.8 Å². The number of ketones is 1. The third-order valence-electron chi connectivity index (χ3n) is 15.2. The summed E-state index contributed by atoms with van der Waals surface area (Å²) in [5, 5.41) is 30.9. The van der Waals surface area contributed by atoms with Gasteiger partial charge in [-0.15, -0.1) is 0 Å². The summed E-state index contributed by atoms with van der Waals surface area (Å²) in [7, 11) is 0. The molecule has 0 unspecified atom stereocenters. The fourth-order valence-corrected chi connectivity index (χ4v) is 13.1. The monoisotopic (exact) mass is 644 g/mol. The van der Waals surface area contributed by atoms with E-state index in [4.69, 9.17) is 18.9 Å². The molecule has 5 aliphatic carbocycles. The molecule has 258 valence electrons. The smallest absolute Gasteiger partial charge is 0.302 e. The Hall–Kier alpha value is -1.52. The van der Waals surface area contributed by atoms with Crippen molar-refractivity contribution in [3.63, 3.8) is 0 Å². The third kappa shape index (κ3) is 4.16. The van der Waals surface area contributed by atoms with E-state index < -0.39 is 24.6 Å². The normalized spacial score (nSPS) is 53.4. The zero-order valence-electron chi connectivity index (χ0n) is 29.0. The zero-order valence-corrected chi connectivity index (χ0v) is 29.0. The van der Waals surface area contributed by atoms with Crippen LogP contribution in [0.3, 0.4) is 0 Å². The molecule has 9 heteroatoms. The Kier molecular flexibility index (Phi) is 7.53. The molecule has 15 atom stereocenters. The quantitative estimate of drug-likeness (QED) is 0.292. The maximum Gasteiger partial charge on any atom is 0.302 e. The van der Waals surface area contributed by atoms with Gasteiger partial charge in [-0.05, 0) is 90.4 Å². The molecule has 0 radical (unpaired) electrons. The van der Waals surface area contributed by atoms with E-state index in [-0.39, 0.29) is 81.5 Å². The average molecular weight is 645 g/mol. The summed E-state index contributed by atoms with van der Waals surface area (Å²) in [6, 6.07) is 0. The lowest BCUT2D eigenvalue weighted by Gasteiger charge is -2.65. The van der Waals surface area contributed by atoms with Gasteiger partial charge in [0.1, 0.15) is 30.5 Å². The number of carbonyl (C=O) groups excluding carboxylic acids is 2. The van der Waals surface area contributed by atoms with Crippen LogP contribution >= 0.6 is 0 Å². The summed E-state index contributed by atoms with van der Waals surface area (Å²) >= 11 is 0. The first kappa shape index (κ1) is 33.0. The van der Waals surface area contributed by atoms with Crippen molar-refractivity contribution in [2.24, 2.45) is 56.7 Å². The average Bonchev–Trinajstić information content (AvgIpc) is 3.55. The molecule has 0 aromatic carbocycles.